The first-order chi connectivity index (χ1) is 8.25. The topological polar surface area (TPSA) is 53.0 Å². The lowest BCUT2D eigenvalue weighted by Crippen LogP contribution is -2.19. The van der Waals surface area contributed by atoms with Gasteiger partial charge in [0, 0.05) is 17.3 Å². The van der Waals surface area contributed by atoms with Crippen LogP contribution in [0.5, 0.6) is 0 Å². The Bertz CT molecular complexity index is 577. The lowest BCUT2D eigenvalue weighted by Gasteiger charge is -1.99. The highest BCUT2D eigenvalue weighted by Crippen LogP contribution is 2.15. The zero-order chi connectivity index (χ0) is 12.1. The molecule has 0 radical (unpaired) electrons. The summed E-state index contributed by atoms with van der Waals surface area (Å²) in [5.41, 5.74) is 2.38. The van der Waals surface area contributed by atoms with Crippen LogP contribution in [0.2, 0.25) is 0 Å². The van der Waals surface area contributed by atoms with E-state index in [0.717, 1.165) is 11.3 Å². The van der Waals surface area contributed by atoms with Crippen molar-refractivity contribution in [3.63, 3.8) is 0 Å². The quantitative estimate of drug-likeness (QED) is 0.672. The zero-order valence-electron chi connectivity index (χ0n) is 8.88. The molecule has 1 aromatic carbocycles. The summed E-state index contributed by atoms with van der Waals surface area (Å²) in [5, 5.41) is 10.2. The smallest absolute Gasteiger partial charge is 0.116 e. The number of hydrogen-bond acceptors (Lipinski definition) is 3. The number of aliphatic carboxylic acids is 1. The average Bonchev–Trinajstić information content (AvgIpc) is 2.38. The van der Waals surface area contributed by atoms with Crippen LogP contribution in [-0.4, -0.2) is 11.0 Å². The van der Waals surface area contributed by atoms with Crippen molar-refractivity contribution < 1.29 is 9.90 Å². The molecule has 3 heteroatoms. The fourth-order valence-electron chi connectivity index (χ4n) is 1.37. The van der Waals surface area contributed by atoms with Crippen LogP contribution in [0.4, 0.5) is 0 Å². The summed E-state index contributed by atoms with van der Waals surface area (Å²) in [5.74, 6) is 2.99. The summed E-state index contributed by atoms with van der Waals surface area (Å²) >= 11 is 0. The lowest BCUT2D eigenvalue weighted by molar-refractivity contribution is -0.295. The minimum Gasteiger partial charge on any atom is -0.537 e. The third kappa shape index (κ3) is 2.93. The second-order valence-electron chi connectivity index (χ2n) is 3.34. The van der Waals surface area contributed by atoms with Gasteiger partial charge in [-0.15, -0.1) is 0 Å². The van der Waals surface area contributed by atoms with Crippen molar-refractivity contribution in [3.05, 3.63) is 54.2 Å². The van der Waals surface area contributed by atoms with Crippen LogP contribution in [-0.2, 0) is 4.79 Å². The van der Waals surface area contributed by atoms with Crippen LogP contribution in [0.1, 0.15) is 5.56 Å². The third-order valence-corrected chi connectivity index (χ3v) is 2.14. The molecule has 17 heavy (non-hydrogen) atoms. The van der Waals surface area contributed by atoms with E-state index >= 15 is 0 Å². The molecule has 0 saturated carbocycles. The van der Waals surface area contributed by atoms with Gasteiger partial charge in [0.15, 0.2) is 0 Å². The van der Waals surface area contributed by atoms with E-state index in [-0.39, 0.29) is 0 Å². The molecule has 0 bridgehead atoms. The Kier molecular flexibility index (Phi) is 3.18. The number of rotatable bonds is 1. The molecule has 82 valence electrons. The number of nitrogens with zero attached hydrogens (tertiary/aromatic N) is 1. The molecule has 0 saturated heterocycles. The van der Waals surface area contributed by atoms with Crippen LogP contribution in [0.25, 0.3) is 11.3 Å². The molecular formula is C14H8NO2-. The van der Waals surface area contributed by atoms with Crippen LogP contribution in [0, 0.1) is 11.8 Å². The van der Waals surface area contributed by atoms with Crippen molar-refractivity contribution in [1.29, 1.82) is 0 Å². The number of carboxylic acid groups (broad SMARTS) is 1. The van der Waals surface area contributed by atoms with Gasteiger partial charge in [0.05, 0.1) is 5.69 Å². The van der Waals surface area contributed by atoms with Crippen LogP contribution in [0.15, 0.2) is 48.7 Å². The molecular weight excluding hydrogens is 214 g/mol. The number of benzene rings is 1. The number of carboxylic acids is 1. The fraction of sp³-hybridized carbons (Fsp3) is 0. The first-order valence-electron chi connectivity index (χ1n) is 5.00. The van der Waals surface area contributed by atoms with Gasteiger partial charge in [-0.2, -0.15) is 0 Å². The second kappa shape index (κ2) is 4.95. The molecule has 0 aliphatic carbocycles. The van der Waals surface area contributed by atoms with Gasteiger partial charge in [-0.25, -0.2) is 0 Å². The third-order valence-electron chi connectivity index (χ3n) is 2.14. The lowest BCUT2D eigenvalue weighted by atomic mass is 10.1. The Morgan fingerprint density at radius 3 is 2.47 bits per heavy atom. The zero-order valence-corrected chi connectivity index (χ0v) is 8.88. The van der Waals surface area contributed by atoms with Crippen molar-refractivity contribution in [2.75, 3.05) is 0 Å². The normalized spacial score (nSPS) is 9.18. The van der Waals surface area contributed by atoms with Crippen molar-refractivity contribution in [1.82, 2.24) is 4.98 Å². The molecule has 1 aromatic heterocycles. The maximum absolute atomic E-state index is 10.2. The van der Waals surface area contributed by atoms with Gasteiger partial charge in [-0.1, -0.05) is 36.3 Å². The van der Waals surface area contributed by atoms with Gasteiger partial charge < -0.3 is 9.90 Å². The average molecular weight is 222 g/mol. The van der Waals surface area contributed by atoms with Crippen molar-refractivity contribution in [2.24, 2.45) is 0 Å². The molecule has 2 rings (SSSR count). The minimum absolute atomic E-state index is 0.550. The van der Waals surface area contributed by atoms with E-state index in [0.29, 0.717) is 5.56 Å². The first-order valence-corrected chi connectivity index (χ1v) is 5.00. The SMILES string of the molecule is O=C([O-])C#Cc1ccc(-c2ccccc2)nc1. The summed E-state index contributed by atoms with van der Waals surface area (Å²) in [4.78, 5) is 14.4. The van der Waals surface area contributed by atoms with Crippen LogP contribution in [0.3, 0.4) is 0 Å². The first kappa shape index (κ1) is 10.9. The van der Waals surface area contributed by atoms with Gasteiger partial charge in [-0.3, -0.25) is 4.98 Å². The maximum atomic E-state index is 10.2. The number of hydrogen-bond donors (Lipinski definition) is 0. The fourth-order valence-corrected chi connectivity index (χ4v) is 1.37. The monoisotopic (exact) mass is 222 g/mol. The highest BCUT2D eigenvalue weighted by molar-refractivity contribution is 5.85. The molecule has 0 spiro atoms. The van der Waals surface area contributed by atoms with Gasteiger partial charge in [0.1, 0.15) is 5.97 Å². The standard InChI is InChI=1S/C14H9NO2/c16-14(17)9-7-11-6-8-13(15-10-11)12-4-2-1-3-5-12/h1-6,8,10H,(H,16,17)/p-1. The Hall–Kier alpha value is -2.60. The molecule has 1 heterocycles. The Morgan fingerprint density at radius 1 is 1.12 bits per heavy atom. The predicted molar refractivity (Wildman–Crippen MR) is 61.6 cm³/mol. The van der Waals surface area contributed by atoms with Crippen LogP contribution >= 0.6 is 0 Å². The van der Waals surface area contributed by atoms with Gasteiger partial charge in [0.25, 0.3) is 0 Å². The number of aromatic nitrogens is 1. The number of carbonyl (C=O) groups excluding carboxylic acids is 1. The Labute approximate surface area is 98.8 Å². The maximum Gasteiger partial charge on any atom is 0.116 e. The Morgan fingerprint density at radius 2 is 1.88 bits per heavy atom. The van der Waals surface area contributed by atoms with E-state index in [9.17, 15) is 9.90 Å². The molecule has 0 amide bonds. The van der Waals surface area contributed by atoms with E-state index in [2.05, 4.69) is 10.9 Å². The summed E-state index contributed by atoms with van der Waals surface area (Å²) in [6.45, 7) is 0. The molecule has 0 unspecified atom stereocenters. The van der Waals surface area contributed by atoms with E-state index in [1.54, 1.807) is 12.1 Å². The van der Waals surface area contributed by atoms with Crippen LogP contribution < -0.4 is 5.11 Å². The summed E-state index contributed by atoms with van der Waals surface area (Å²) in [6.07, 6.45) is 1.54. The van der Waals surface area contributed by atoms with Crippen molar-refractivity contribution in [3.8, 4) is 23.1 Å². The molecule has 0 fully saturated rings. The molecule has 3 nitrogen and oxygen atoms in total. The Balaban J connectivity index is 2.26. The van der Waals surface area contributed by atoms with E-state index < -0.39 is 5.97 Å². The summed E-state index contributed by atoms with van der Waals surface area (Å²) in [6, 6.07) is 13.2. The van der Waals surface area contributed by atoms with Gasteiger partial charge in [0.2, 0.25) is 0 Å². The molecule has 2 aromatic rings. The van der Waals surface area contributed by atoms with Gasteiger partial charge >= 0.3 is 0 Å². The highest BCUT2D eigenvalue weighted by Gasteiger charge is 1.96. The largest absolute Gasteiger partial charge is 0.537 e. The minimum atomic E-state index is -1.39. The molecule has 0 aliphatic rings. The number of carbonyl (C=O) groups is 1. The van der Waals surface area contributed by atoms with Gasteiger partial charge in [-0.05, 0) is 18.1 Å². The molecule has 0 aliphatic heterocycles. The summed E-state index contributed by atoms with van der Waals surface area (Å²) < 4.78 is 0. The van der Waals surface area contributed by atoms with Crippen molar-refractivity contribution in [2.45, 2.75) is 0 Å². The highest BCUT2D eigenvalue weighted by atomic mass is 16.4. The molecule has 0 N–H and O–H groups in total. The second-order valence-corrected chi connectivity index (χ2v) is 3.34. The predicted octanol–water partition coefficient (Wildman–Crippen LogP) is 0.850. The van der Waals surface area contributed by atoms with E-state index in [4.69, 9.17) is 0 Å². The van der Waals surface area contributed by atoms with E-state index in [1.807, 2.05) is 36.3 Å². The number of pyridine rings is 1. The summed E-state index contributed by atoms with van der Waals surface area (Å²) in [7, 11) is 0. The van der Waals surface area contributed by atoms with Crippen molar-refractivity contribution >= 4 is 5.97 Å². The van der Waals surface area contributed by atoms with E-state index in [1.165, 1.54) is 6.20 Å². The molecule has 0 atom stereocenters.